The van der Waals surface area contributed by atoms with E-state index in [1.54, 1.807) is 0 Å². The fourth-order valence-electron chi connectivity index (χ4n) is 1.49. The molecule has 0 radical (unpaired) electrons. The Hall–Kier alpha value is -1.75. The van der Waals surface area contributed by atoms with Crippen LogP contribution in [0.5, 0.6) is 0 Å². The molecule has 16 heavy (non-hydrogen) atoms. The number of rotatable bonds is 1. The maximum absolute atomic E-state index is 8.91. The molecule has 0 spiro atoms. The first-order valence-electron chi connectivity index (χ1n) is 4.44. The Labute approximate surface area is 105 Å². The minimum atomic E-state index is -0.284. The second-order valence-corrected chi connectivity index (χ2v) is 4.35. The van der Waals surface area contributed by atoms with Crippen LogP contribution in [-0.2, 0) is 0 Å². The van der Waals surface area contributed by atoms with Gasteiger partial charge in [0, 0.05) is 15.2 Å². The van der Waals surface area contributed by atoms with E-state index in [1.807, 2.05) is 30.6 Å². The molecule has 0 aliphatic heterocycles. The summed E-state index contributed by atoms with van der Waals surface area (Å²) < 4.78 is 0.983. The van der Waals surface area contributed by atoms with E-state index >= 15 is 0 Å². The Morgan fingerprint density at radius 2 is 2.31 bits per heavy atom. The van der Waals surface area contributed by atoms with Crippen LogP contribution in [0.1, 0.15) is 0 Å². The lowest BCUT2D eigenvalue weighted by atomic mass is 10.2. The molecule has 1 heterocycles. The molecule has 0 fully saturated rings. The third-order valence-corrected chi connectivity index (χ3v) is 3.05. The Morgan fingerprint density at radius 3 is 2.94 bits per heavy atom. The lowest BCUT2D eigenvalue weighted by Crippen LogP contribution is -2.32. The summed E-state index contributed by atoms with van der Waals surface area (Å²) in [6.45, 7) is 0. The van der Waals surface area contributed by atoms with Crippen molar-refractivity contribution >= 4 is 45.1 Å². The number of hydrogen-bond acceptors (Lipinski definition) is 2. The minimum absolute atomic E-state index is 0.284. The van der Waals surface area contributed by atoms with Crippen molar-refractivity contribution in [2.45, 2.75) is 0 Å². The average molecular weight is 325 g/mol. The third-order valence-electron chi connectivity index (χ3n) is 2.20. The Bertz CT molecular complexity index is 595. The van der Waals surface area contributed by atoms with Gasteiger partial charge in [-0.3, -0.25) is 5.41 Å². The number of fused-ring (bicyclic) bond motifs is 1. The van der Waals surface area contributed by atoms with Crippen LogP contribution in [0, 0.1) is 20.4 Å². The van der Waals surface area contributed by atoms with Gasteiger partial charge < -0.3 is 10.7 Å². The summed E-state index contributed by atoms with van der Waals surface area (Å²) >= 11 is 2.17. The van der Waals surface area contributed by atoms with Crippen LogP contribution in [-0.4, -0.2) is 10.9 Å². The van der Waals surface area contributed by atoms with E-state index in [4.69, 9.17) is 16.4 Å². The lowest BCUT2D eigenvalue weighted by molar-refractivity contribution is 1.25. The van der Waals surface area contributed by atoms with Gasteiger partial charge in [-0.05, 0) is 40.8 Å². The van der Waals surface area contributed by atoms with Crippen LogP contribution in [0.3, 0.4) is 0 Å². The molecular weight excluding hydrogens is 317 g/mol. The van der Waals surface area contributed by atoms with Gasteiger partial charge in [0.15, 0.2) is 6.19 Å². The topological polar surface area (TPSA) is 92.7 Å². The van der Waals surface area contributed by atoms with Crippen molar-refractivity contribution in [2.75, 3.05) is 4.90 Å². The molecule has 2 rings (SSSR count). The van der Waals surface area contributed by atoms with Crippen molar-refractivity contribution in [2.24, 2.45) is 5.73 Å². The first kappa shape index (κ1) is 10.8. The zero-order valence-electron chi connectivity index (χ0n) is 8.16. The molecule has 0 atom stereocenters. The second-order valence-electron chi connectivity index (χ2n) is 3.19. The number of guanidine groups is 1. The van der Waals surface area contributed by atoms with Gasteiger partial charge in [0.2, 0.25) is 5.96 Å². The maximum atomic E-state index is 8.91. The standard InChI is InChI=1S/C10H8IN5/c11-8-4-7(16(5-12)10(13)14)3-6-1-2-15-9(6)8/h1-4,15H,(H3,13,14). The molecule has 80 valence electrons. The number of nitrogens with zero attached hydrogens (tertiary/aromatic N) is 2. The van der Waals surface area contributed by atoms with Crippen molar-refractivity contribution in [3.63, 3.8) is 0 Å². The van der Waals surface area contributed by atoms with Gasteiger partial charge in [-0.2, -0.15) is 5.26 Å². The molecule has 0 saturated carbocycles. The number of H-pyrrole nitrogens is 1. The summed E-state index contributed by atoms with van der Waals surface area (Å²) in [5, 5.41) is 17.2. The van der Waals surface area contributed by atoms with Crippen LogP contribution in [0.15, 0.2) is 24.4 Å². The highest BCUT2D eigenvalue weighted by Crippen LogP contribution is 2.26. The number of aromatic amines is 1. The van der Waals surface area contributed by atoms with Crippen LogP contribution < -0.4 is 10.6 Å². The Morgan fingerprint density at radius 1 is 1.56 bits per heavy atom. The number of halogens is 1. The molecule has 2 aromatic rings. The SMILES string of the molecule is N#CN(C(=N)N)c1cc(I)c2[nH]ccc2c1. The predicted octanol–water partition coefficient (Wildman–Crippen LogP) is 1.95. The minimum Gasteiger partial charge on any atom is -0.369 e. The number of nitrogens with one attached hydrogen (secondary N) is 2. The summed E-state index contributed by atoms with van der Waals surface area (Å²) in [5.41, 5.74) is 6.95. The Balaban J connectivity index is 2.62. The van der Waals surface area contributed by atoms with E-state index in [9.17, 15) is 0 Å². The van der Waals surface area contributed by atoms with E-state index in [0.29, 0.717) is 5.69 Å². The smallest absolute Gasteiger partial charge is 0.206 e. The molecule has 0 bridgehead atoms. The number of aromatic nitrogens is 1. The van der Waals surface area contributed by atoms with Crippen LogP contribution in [0.4, 0.5) is 5.69 Å². The molecule has 0 amide bonds. The second kappa shape index (κ2) is 4.02. The van der Waals surface area contributed by atoms with E-state index < -0.39 is 0 Å². The fraction of sp³-hybridized carbons (Fsp3) is 0. The van der Waals surface area contributed by atoms with Crippen LogP contribution >= 0.6 is 22.6 Å². The van der Waals surface area contributed by atoms with Crippen molar-refractivity contribution in [3.8, 4) is 6.19 Å². The first-order valence-corrected chi connectivity index (χ1v) is 5.52. The molecule has 0 saturated heterocycles. The number of nitrogens with two attached hydrogens (primary N) is 1. The molecular formula is C10H8IN5. The maximum Gasteiger partial charge on any atom is 0.206 e. The Kier molecular flexibility index (Phi) is 2.70. The molecule has 1 aromatic heterocycles. The molecule has 4 N–H and O–H groups in total. The molecule has 0 aliphatic carbocycles. The molecule has 6 heteroatoms. The summed E-state index contributed by atoms with van der Waals surface area (Å²) in [6.07, 6.45) is 3.71. The van der Waals surface area contributed by atoms with Gasteiger partial charge in [-0.1, -0.05) is 0 Å². The summed E-state index contributed by atoms with van der Waals surface area (Å²) in [4.78, 5) is 4.19. The van der Waals surface area contributed by atoms with Gasteiger partial charge in [-0.25, -0.2) is 4.90 Å². The quantitative estimate of drug-likeness (QED) is 0.246. The average Bonchev–Trinajstić information content (AvgIpc) is 2.66. The number of nitriles is 1. The molecule has 0 unspecified atom stereocenters. The molecule has 5 nitrogen and oxygen atoms in total. The highest BCUT2D eigenvalue weighted by molar-refractivity contribution is 14.1. The van der Waals surface area contributed by atoms with Gasteiger partial charge in [0.25, 0.3) is 0 Å². The highest BCUT2D eigenvalue weighted by atomic mass is 127. The van der Waals surface area contributed by atoms with Crippen molar-refractivity contribution in [1.82, 2.24) is 4.98 Å². The normalized spacial score (nSPS) is 10.0. The van der Waals surface area contributed by atoms with Crippen molar-refractivity contribution in [1.29, 1.82) is 10.7 Å². The lowest BCUT2D eigenvalue weighted by Gasteiger charge is -2.13. The van der Waals surface area contributed by atoms with E-state index in [2.05, 4.69) is 27.6 Å². The zero-order valence-corrected chi connectivity index (χ0v) is 10.3. The van der Waals surface area contributed by atoms with E-state index in [0.717, 1.165) is 19.4 Å². The summed E-state index contributed by atoms with van der Waals surface area (Å²) in [6, 6.07) is 5.54. The highest BCUT2D eigenvalue weighted by Gasteiger charge is 2.11. The van der Waals surface area contributed by atoms with Gasteiger partial charge in [0.05, 0.1) is 11.2 Å². The van der Waals surface area contributed by atoms with Gasteiger partial charge >= 0.3 is 0 Å². The van der Waals surface area contributed by atoms with Gasteiger partial charge in [0.1, 0.15) is 0 Å². The summed E-state index contributed by atoms with van der Waals surface area (Å²) in [5.74, 6) is -0.284. The number of hydrogen-bond donors (Lipinski definition) is 3. The van der Waals surface area contributed by atoms with Crippen molar-refractivity contribution in [3.05, 3.63) is 28.0 Å². The van der Waals surface area contributed by atoms with E-state index in [1.165, 1.54) is 0 Å². The molecule has 0 aliphatic rings. The van der Waals surface area contributed by atoms with E-state index in [-0.39, 0.29) is 5.96 Å². The largest absolute Gasteiger partial charge is 0.369 e. The van der Waals surface area contributed by atoms with Gasteiger partial charge in [-0.15, -0.1) is 0 Å². The summed E-state index contributed by atoms with van der Waals surface area (Å²) in [7, 11) is 0. The number of anilines is 1. The first-order chi connectivity index (χ1) is 7.63. The number of benzene rings is 1. The monoisotopic (exact) mass is 325 g/mol. The zero-order chi connectivity index (χ0) is 11.7. The van der Waals surface area contributed by atoms with Crippen molar-refractivity contribution < 1.29 is 0 Å². The third kappa shape index (κ3) is 1.69. The predicted molar refractivity (Wildman–Crippen MR) is 71.0 cm³/mol. The van der Waals surface area contributed by atoms with Crippen LogP contribution in [0.25, 0.3) is 10.9 Å². The molecule has 1 aromatic carbocycles. The fourth-order valence-corrected chi connectivity index (χ4v) is 2.28. The van der Waals surface area contributed by atoms with Crippen LogP contribution in [0.2, 0.25) is 0 Å².